The van der Waals surface area contributed by atoms with Crippen molar-refractivity contribution in [2.45, 2.75) is 32.9 Å². The largest absolute Gasteiger partial charge is 0.336 e. The van der Waals surface area contributed by atoms with Crippen LogP contribution in [0.5, 0.6) is 0 Å². The van der Waals surface area contributed by atoms with Crippen molar-refractivity contribution in [2.75, 3.05) is 0 Å². The molecule has 0 spiro atoms. The van der Waals surface area contributed by atoms with Gasteiger partial charge in [0, 0.05) is 12.6 Å². The highest BCUT2D eigenvalue weighted by molar-refractivity contribution is 7.07. The van der Waals surface area contributed by atoms with E-state index in [9.17, 15) is 4.79 Å². The lowest BCUT2D eigenvalue weighted by atomic mass is 10.3. The maximum atomic E-state index is 11.3. The summed E-state index contributed by atoms with van der Waals surface area (Å²) >= 11 is 1.64. The van der Waals surface area contributed by atoms with Gasteiger partial charge < -0.3 is 10.6 Å². The summed E-state index contributed by atoms with van der Waals surface area (Å²) in [5, 5.41) is 9.69. The normalized spacial score (nSPS) is 12.1. The van der Waals surface area contributed by atoms with Crippen LogP contribution in [0.3, 0.4) is 0 Å². The number of urea groups is 1. The number of carbonyl (C=O) groups is 1. The number of rotatable bonds is 4. The number of carbonyl (C=O) groups excluding carboxylic acids is 1. The van der Waals surface area contributed by atoms with Gasteiger partial charge in [0.15, 0.2) is 0 Å². The van der Waals surface area contributed by atoms with E-state index in [1.165, 1.54) is 0 Å². The van der Waals surface area contributed by atoms with Gasteiger partial charge in [-0.3, -0.25) is 0 Å². The predicted molar refractivity (Wildman–Crippen MR) is 59.4 cm³/mol. The van der Waals surface area contributed by atoms with Gasteiger partial charge in [-0.1, -0.05) is 6.92 Å². The summed E-state index contributed by atoms with van der Waals surface area (Å²) in [7, 11) is 0. The minimum Gasteiger partial charge on any atom is -0.336 e. The smallest absolute Gasteiger partial charge is 0.315 e. The van der Waals surface area contributed by atoms with Crippen LogP contribution >= 0.6 is 11.3 Å². The van der Waals surface area contributed by atoms with Crippen molar-refractivity contribution in [3.8, 4) is 0 Å². The van der Waals surface area contributed by atoms with E-state index in [1.54, 1.807) is 11.3 Å². The first-order valence-corrected chi connectivity index (χ1v) is 5.72. The second-order valence-corrected chi connectivity index (χ2v) is 4.05. The van der Waals surface area contributed by atoms with E-state index >= 15 is 0 Å². The maximum absolute atomic E-state index is 11.3. The Morgan fingerprint density at radius 2 is 2.43 bits per heavy atom. The Kier molecular flexibility index (Phi) is 4.46. The highest BCUT2D eigenvalue weighted by atomic mass is 32.1. The third kappa shape index (κ3) is 3.79. The standard InChI is InChI=1S/C10H16N2OS/c1-3-8(2)12-10(13)11-6-9-4-5-14-7-9/h4-5,7-8H,3,6H2,1-2H3,(H2,11,12,13). The fourth-order valence-corrected chi connectivity index (χ4v) is 1.62. The summed E-state index contributed by atoms with van der Waals surface area (Å²) in [4.78, 5) is 11.3. The number of thiophene rings is 1. The molecule has 1 unspecified atom stereocenters. The lowest BCUT2D eigenvalue weighted by Gasteiger charge is -2.11. The zero-order valence-electron chi connectivity index (χ0n) is 8.54. The van der Waals surface area contributed by atoms with Crippen molar-refractivity contribution < 1.29 is 4.79 Å². The molecular formula is C10H16N2OS. The van der Waals surface area contributed by atoms with Crippen molar-refractivity contribution in [3.63, 3.8) is 0 Å². The Morgan fingerprint density at radius 1 is 1.64 bits per heavy atom. The van der Waals surface area contributed by atoms with E-state index in [0.29, 0.717) is 6.54 Å². The molecule has 1 aromatic rings. The molecule has 1 aromatic heterocycles. The van der Waals surface area contributed by atoms with Gasteiger partial charge in [-0.25, -0.2) is 4.79 Å². The van der Waals surface area contributed by atoms with Crippen LogP contribution in [-0.4, -0.2) is 12.1 Å². The number of hydrogen-bond donors (Lipinski definition) is 2. The highest BCUT2D eigenvalue weighted by Crippen LogP contribution is 2.04. The van der Waals surface area contributed by atoms with E-state index in [1.807, 2.05) is 30.7 Å². The Bertz CT molecular complexity index is 272. The second-order valence-electron chi connectivity index (χ2n) is 3.27. The first-order valence-electron chi connectivity index (χ1n) is 4.77. The molecule has 0 aliphatic carbocycles. The molecule has 0 saturated heterocycles. The van der Waals surface area contributed by atoms with Gasteiger partial charge >= 0.3 is 6.03 Å². The van der Waals surface area contributed by atoms with Gasteiger partial charge in [-0.05, 0) is 35.7 Å². The van der Waals surface area contributed by atoms with E-state index in [2.05, 4.69) is 10.6 Å². The molecule has 0 bridgehead atoms. The van der Waals surface area contributed by atoms with E-state index in [0.717, 1.165) is 12.0 Å². The highest BCUT2D eigenvalue weighted by Gasteiger charge is 2.03. The Hall–Kier alpha value is -1.03. The van der Waals surface area contributed by atoms with Gasteiger partial charge in [0.1, 0.15) is 0 Å². The summed E-state index contributed by atoms with van der Waals surface area (Å²) in [5.41, 5.74) is 1.15. The van der Waals surface area contributed by atoms with Gasteiger partial charge in [-0.15, -0.1) is 0 Å². The molecule has 3 nitrogen and oxygen atoms in total. The molecule has 1 atom stereocenters. The quantitative estimate of drug-likeness (QED) is 0.790. The summed E-state index contributed by atoms with van der Waals surface area (Å²) in [6.45, 7) is 4.64. The molecule has 0 aliphatic heterocycles. The topological polar surface area (TPSA) is 41.1 Å². The minimum atomic E-state index is -0.0921. The number of nitrogens with one attached hydrogen (secondary N) is 2. The number of amides is 2. The third-order valence-electron chi connectivity index (χ3n) is 2.02. The summed E-state index contributed by atoms with van der Waals surface area (Å²) in [6, 6.07) is 2.15. The molecule has 0 aliphatic rings. The summed E-state index contributed by atoms with van der Waals surface area (Å²) in [6.07, 6.45) is 0.950. The van der Waals surface area contributed by atoms with Crippen molar-refractivity contribution in [1.82, 2.24) is 10.6 Å². The Labute approximate surface area is 88.5 Å². The van der Waals surface area contributed by atoms with Gasteiger partial charge in [-0.2, -0.15) is 11.3 Å². The lowest BCUT2D eigenvalue weighted by molar-refractivity contribution is 0.237. The lowest BCUT2D eigenvalue weighted by Crippen LogP contribution is -2.40. The zero-order valence-corrected chi connectivity index (χ0v) is 9.36. The summed E-state index contributed by atoms with van der Waals surface area (Å²) in [5.74, 6) is 0. The molecule has 0 aromatic carbocycles. The van der Waals surface area contributed by atoms with Gasteiger partial charge in [0.05, 0.1) is 0 Å². The van der Waals surface area contributed by atoms with Crippen molar-refractivity contribution in [3.05, 3.63) is 22.4 Å². The first kappa shape index (κ1) is 11.0. The van der Waals surface area contributed by atoms with E-state index < -0.39 is 0 Å². The minimum absolute atomic E-state index is 0.0921. The van der Waals surface area contributed by atoms with Crippen molar-refractivity contribution in [1.29, 1.82) is 0 Å². The fourth-order valence-electron chi connectivity index (χ4n) is 0.952. The Morgan fingerprint density at radius 3 is 3.00 bits per heavy atom. The van der Waals surface area contributed by atoms with Crippen molar-refractivity contribution in [2.24, 2.45) is 0 Å². The van der Waals surface area contributed by atoms with Crippen LogP contribution in [0.2, 0.25) is 0 Å². The van der Waals surface area contributed by atoms with E-state index in [4.69, 9.17) is 0 Å². The van der Waals surface area contributed by atoms with Crippen LogP contribution in [0.15, 0.2) is 16.8 Å². The van der Waals surface area contributed by atoms with Crippen LogP contribution < -0.4 is 10.6 Å². The van der Waals surface area contributed by atoms with Gasteiger partial charge in [0.2, 0.25) is 0 Å². The summed E-state index contributed by atoms with van der Waals surface area (Å²) < 4.78 is 0. The molecular weight excluding hydrogens is 196 g/mol. The fraction of sp³-hybridized carbons (Fsp3) is 0.500. The molecule has 2 amide bonds. The molecule has 2 N–H and O–H groups in total. The molecule has 0 radical (unpaired) electrons. The molecule has 0 saturated carbocycles. The average molecular weight is 212 g/mol. The predicted octanol–water partition coefficient (Wildman–Crippen LogP) is 2.35. The van der Waals surface area contributed by atoms with Crippen molar-refractivity contribution >= 4 is 17.4 Å². The van der Waals surface area contributed by atoms with Crippen LogP contribution in [-0.2, 0) is 6.54 Å². The molecule has 1 rings (SSSR count). The first-order chi connectivity index (χ1) is 6.72. The molecule has 4 heteroatoms. The molecule has 0 fully saturated rings. The molecule has 14 heavy (non-hydrogen) atoms. The van der Waals surface area contributed by atoms with E-state index in [-0.39, 0.29) is 12.1 Å². The van der Waals surface area contributed by atoms with Gasteiger partial charge in [0.25, 0.3) is 0 Å². The van der Waals surface area contributed by atoms with Crippen LogP contribution in [0.1, 0.15) is 25.8 Å². The third-order valence-corrected chi connectivity index (χ3v) is 2.76. The number of hydrogen-bond acceptors (Lipinski definition) is 2. The van der Waals surface area contributed by atoms with Crippen LogP contribution in [0.4, 0.5) is 4.79 Å². The molecule has 78 valence electrons. The Balaban J connectivity index is 2.22. The molecule has 1 heterocycles. The van der Waals surface area contributed by atoms with Crippen LogP contribution in [0.25, 0.3) is 0 Å². The zero-order chi connectivity index (χ0) is 10.4. The SMILES string of the molecule is CCC(C)NC(=O)NCc1ccsc1. The monoisotopic (exact) mass is 212 g/mol. The second kappa shape index (κ2) is 5.65. The average Bonchev–Trinajstić information content (AvgIpc) is 2.67. The van der Waals surface area contributed by atoms with Crippen LogP contribution in [0, 0.1) is 0 Å². The maximum Gasteiger partial charge on any atom is 0.315 e.